The van der Waals surface area contributed by atoms with Crippen molar-refractivity contribution < 1.29 is 4.79 Å². The van der Waals surface area contributed by atoms with Crippen LogP contribution < -0.4 is 11.0 Å². The van der Waals surface area contributed by atoms with Gasteiger partial charge in [-0.2, -0.15) is 0 Å². The fourth-order valence-corrected chi connectivity index (χ4v) is 3.52. The van der Waals surface area contributed by atoms with Crippen molar-refractivity contribution in [3.63, 3.8) is 0 Å². The van der Waals surface area contributed by atoms with E-state index in [1.54, 1.807) is 24.2 Å². The summed E-state index contributed by atoms with van der Waals surface area (Å²) in [6.07, 6.45) is 1.67. The molecule has 1 fully saturated rings. The van der Waals surface area contributed by atoms with Crippen LogP contribution in [0.5, 0.6) is 0 Å². The molecule has 27 heavy (non-hydrogen) atoms. The molecule has 0 radical (unpaired) electrons. The van der Waals surface area contributed by atoms with E-state index >= 15 is 0 Å². The van der Waals surface area contributed by atoms with E-state index in [1.165, 1.54) is 15.0 Å². The number of nitrogens with zero attached hydrogens (tertiary/aromatic N) is 5. The lowest BCUT2D eigenvalue weighted by Gasteiger charge is -2.32. The number of hydrogen-bond acceptors (Lipinski definition) is 5. The fourth-order valence-electron chi connectivity index (χ4n) is 3.52. The summed E-state index contributed by atoms with van der Waals surface area (Å²) in [7, 11) is 3.69. The number of rotatable bonds is 1. The Morgan fingerprint density at radius 1 is 1.15 bits per heavy atom. The number of likely N-dealkylation sites (N-methyl/N-ethyl adjacent to an activating group) is 1. The number of hydrogen-bond donors (Lipinski definition) is 1. The van der Waals surface area contributed by atoms with Crippen LogP contribution >= 0.6 is 0 Å². The average Bonchev–Trinajstić information content (AvgIpc) is 2.66. The lowest BCUT2D eigenvalue weighted by Crippen LogP contribution is -2.48. The molecule has 0 atom stereocenters. The van der Waals surface area contributed by atoms with Crippen molar-refractivity contribution in [3.8, 4) is 0 Å². The number of carbonyl (C=O) groups excluding carboxylic acids is 1. The van der Waals surface area contributed by atoms with Gasteiger partial charge < -0.3 is 14.4 Å². The largest absolute Gasteiger partial charge is 0.336 e. The van der Waals surface area contributed by atoms with Crippen LogP contribution in [0, 0.1) is 12.3 Å². The number of fused-ring (bicyclic) bond motifs is 2. The molecule has 0 spiro atoms. The van der Waals surface area contributed by atoms with E-state index in [-0.39, 0.29) is 22.5 Å². The molecule has 1 saturated heterocycles. The fraction of sp³-hybridized carbons (Fsp3) is 0.368. The molecule has 0 aliphatic carbocycles. The monoisotopic (exact) mass is 366 g/mol. The van der Waals surface area contributed by atoms with Gasteiger partial charge in [0.25, 0.3) is 11.5 Å². The van der Waals surface area contributed by atoms with E-state index in [9.17, 15) is 9.59 Å². The Morgan fingerprint density at radius 3 is 2.56 bits per heavy atom. The summed E-state index contributed by atoms with van der Waals surface area (Å²) in [5.41, 5.74) is 1.91. The molecule has 0 saturated carbocycles. The number of amides is 1. The van der Waals surface area contributed by atoms with Gasteiger partial charge in [-0.25, -0.2) is 4.98 Å². The summed E-state index contributed by atoms with van der Waals surface area (Å²) in [5, 5.41) is 8.80. The molecule has 8 heteroatoms. The highest BCUT2D eigenvalue weighted by molar-refractivity contribution is 5.97. The van der Waals surface area contributed by atoms with Crippen molar-refractivity contribution in [2.75, 3.05) is 33.2 Å². The van der Waals surface area contributed by atoms with Crippen LogP contribution in [-0.4, -0.2) is 62.9 Å². The maximum absolute atomic E-state index is 13.0. The third-order valence-electron chi connectivity index (χ3n) is 5.28. The van der Waals surface area contributed by atoms with Gasteiger partial charge in [-0.1, -0.05) is 6.07 Å². The van der Waals surface area contributed by atoms with Crippen molar-refractivity contribution >= 4 is 22.6 Å². The minimum absolute atomic E-state index is 0.0660. The van der Waals surface area contributed by atoms with Crippen molar-refractivity contribution in [1.29, 1.82) is 5.41 Å². The molecule has 140 valence electrons. The summed E-state index contributed by atoms with van der Waals surface area (Å²) in [4.78, 5) is 34.5. The van der Waals surface area contributed by atoms with Gasteiger partial charge in [-0.05, 0) is 31.7 Å². The number of aromatic nitrogens is 3. The van der Waals surface area contributed by atoms with Crippen LogP contribution in [0.4, 0.5) is 0 Å². The molecule has 1 aliphatic heterocycles. The second kappa shape index (κ2) is 6.31. The molecule has 0 bridgehead atoms. The zero-order chi connectivity index (χ0) is 19.3. The summed E-state index contributed by atoms with van der Waals surface area (Å²) >= 11 is 0. The first-order valence-electron chi connectivity index (χ1n) is 8.92. The molecular weight excluding hydrogens is 344 g/mol. The number of nitrogens with one attached hydrogen (secondary N) is 1. The van der Waals surface area contributed by atoms with Crippen LogP contribution in [0.15, 0.2) is 29.2 Å². The summed E-state index contributed by atoms with van der Waals surface area (Å²) < 4.78 is 3.01. The molecule has 3 aromatic rings. The van der Waals surface area contributed by atoms with E-state index in [1.807, 2.05) is 20.0 Å². The predicted molar refractivity (Wildman–Crippen MR) is 102 cm³/mol. The summed E-state index contributed by atoms with van der Waals surface area (Å²) in [5.74, 6) is -0.209. The maximum atomic E-state index is 13.0. The van der Waals surface area contributed by atoms with E-state index in [0.717, 1.165) is 18.7 Å². The molecule has 0 aromatic carbocycles. The van der Waals surface area contributed by atoms with E-state index in [2.05, 4.69) is 9.88 Å². The smallest absolute Gasteiger partial charge is 0.267 e. The average molecular weight is 366 g/mol. The molecule has 1 N–H and O–H groups in total. The van der Waals surface area contributed by atoms with Crippen LogP contribution in [0.2, 0.25) is 0 Å². The molecule has 4 rings (SSSR count). The van der Waals surface area contributed by atoms with Gasteiger partial charge in [0, 0.05) is 39.4 Å². The molecule has 1 aliphatic rings. The van der Waals surface area contributed by atoms with Crippen LogP contribution in [-0.2, 0) is 7.05 Å². The van der Waals surface area contributed by atoms with Crippen molar-refractivity contribution in [1.82, 2.24) is 23.8 Å². The van der Waals surface area contributed by atoms with Crippen LogP contribution in [0.3, 0.4) is 0 Å². The molecule has 3 aromatic heterocycles. The Labute approximate surface area is 155 Å². The highest BCUT2D eigenvalue weighted by Gasteiger charge is 2.23. The highest BCUT2D eigenvalue weighted by atomic mass is 16.2. The van der Waals surface area contributed by atoms with E-state index in [4.69, 9.17) is 5.41 Å². The number of carbonyl (C=O) groups is 1. The maximum Gasteiger partial charge on any atom is 0.267 e. The van der Waals surface area contributed by atoms with Gasteiger partial charge in [0.1, 0.15) is 16.8 Å². The van der Waals surface area contributed by atoms with E-state index < -0.39 is 0 Å². The van der Waals surface area contributed by atoms with Crippen molar-refractivity contribution in [2.45, 2.75) is 6.92 Å². The second-order valence-electron chi connectivity index (χ2n) is 7.10. The summed E-state index contributed by atoms with van der Waals surface area (Å²) in [6, 6.07) is 5.22. The molecule has 1 amide bonds. The first-order chi connectivity index (χ1) is 12.9. The third kappa shape index (κ3) is 2.73. The molecule has 4 heterocycles. The number of aryl methyl sites for hydroxylation is 2. The van der Waals surface area contributed by atoms with Crippen LogP contribution in [0.1, 0.15) is 15.9 Å². The Hall–Kier alpha value is -3.00. The SMILES string of the molecule is Cc1cccn2c(=O)c3cc(C(=O)N4CCN(C)CC4)c(=N)n(C)c3nc12. The van der Waals surface area contributed by atoms with Gasteiger partial charge >= 0.3 is 0 Å². The Morgan fingerprint density at radius 2 is 1.85 bits per heavy atom. The molecular formula is C19H22N6O2. The van der Waals surface area contributed by atoms with Gasteiger partial charge in [0.05, 0.1) is 10.9 Å². The van der Waals surface area contributed by atoms with Gasteiger partial charge in [0.2, 0.25) is 0 Å². The predicted octanol–water partition coefficient (Wildman–Crippen LogP) is 0.362. The van der Waals surface area contributed by atoms with Crippen LogP contribution in [0.25, 0.3) is 16.7 Å². The van der Waals surface area contributed by atoms with Gasteiger partial charge in [-0.3, -0.25) is 19.4 Å². The highest BCUT2D eigenvalue weighted by Crippen LogP contribution is 2.13. The zero-order valence-corrected chi connectivity index (χ0v) is 15.7. The van der Waals surface area contributed by atoms with Crippen molar-refractivity contribution in [2.24, 2.45) is 7.05 Å². The molecule has 8 nitrogen and oxygen atoms in total. The standard InChI is InChI=1S/C19H22N6O2/c1-12-5-4-6-25-16(12)21-17-14(19(25)27)11-13(15(20)23(17)3)18(26)24-9-7-22(2)8-10-24/h4-6,11,20H,7-10H2,1-3H3. The zero-order valence-electron chi connectivity index (χ0n) is 15.7. The normalized spacial score (nSPS) is 15.6. The minimum Gasteiger partial charge on any atom is -0.336 e. The number of pyridine rings is 2. The van der Waals surface area contributed by atoms with E-state index in [0.29, 0.717) is 29.8 Å². The Kier molecular flexibility index (Phi) is 4.07. The first kappa shape index (κ1) is 17.4. The lowest BCUT2D eigenvalue weighted by atomic mass is 10.1. The Balaban J connectivity index is 1.93. The van der Waals surface area contributed by atoms with Gasteiger partial charge in [0.15, 0.2) is 0 Å². The minimum atomic E-state index is -0.235. The molecule has 0 unspecified atom stereocenters. The quantitative estimate of drug-likeness (QED) is 0.630. The first-order valence-corrected chi connectivity index (χ1v) is 8.92. The third-order valence-corrected chi connectivity index (χ3v) is 5.28. The second-order valence-corrected chi connectivity index (χ2v) is 7.10. The summed E-state index contributed by atoms with van der Waals surface area (Å²) in [6.45, 7) is 4.72. The number of piperazine rings is 1. The Bertz CT molecular complexity index is 1180. The topological polar surface area (TPSA) is 86.7 Å². The lowest BCUT2D eigenvalue weighted by molar-refractivity contribution is 0.0661. The van der Waals surface area contributed by atoms with Gasteiger partial charge in [-0.15, -0.1) is 0 Å². The van der Waals surface area contributed by atoms with Crippen molar-refractivity contribution in [3.05, 3.63) is 51.4 Å².